The monoisotopic (exact) mass is 234 g/mol. The molecule has 2 rings (SSSR count). The van der Waals surface area contributed by atoms with E-state index < -0.39 is 0 Å². The number of benzene rings is 1. The zero-order chi connectivity index (χ0) is 12.3. The van der Waals surface area contributed by atoms with E-state index in [2.05, 4.69) is 10.5 Å². The second kappa shape index (κ2) is 8.47. The number of hydrogen-bond acceptors (Lipinski definition) is 4. The van der Waals surface area contributed by atoms with Crippen LogP contribution in [-0.4, -0.2) is 30.3 Å². The number of nitrogens with zero attached hydrogens (tertiary/aromatic N) is 1. The number of carbonyl (C=O) groups is 1. The van der Waals surface area contributed by atoms with Crippen molar-refractivity contribution in [3.63, 3.8) is 0 Å². The highest BCUT2D eigenvalue weighted by atomic mass is 16.4. The maximum atomic E-state index is 10.9. The third-order valence-corrected chi connectivity index (χ3v) is 2.44. The molecule has 0 spiro atoms. The smallest absolute Gasteiger partial charge is 0.207 e. The van der Waals surface area contributed by atoms with Gasteiger partial charge in [0.1, 0.15) is 6.21 Å². The second-order valence-corrected chi connectivity index (χ2v) is 3.79. The number of nitrogens with one attached hydrogen (secondary N) is 1. The van der Waals surface area contributed by atoms with Crippen molar-refractivity contribution in [3.8, 4) is 0 Å². The van der Waals surface area contributed by atoms with E-state index in [9.17, 15) is 4.79 Å². The Labute approximate surface area is 101 Å². The van der Waals surface area contributed by atoms with Crippen LogP contribution in [-0.2, 0) is 0 Å². The van der Waals surface area contributed by atoms with E-state index in [4.69, 9.17) is 5.21 Å². The summed E-state index contributed by atoms with van der Waals surface area (Å²) in [7, 11) is 0. The molecule has 1 aromatic rings. The Morgan fingerprint density at radius 3 is 2.24 bits per heavy atom. The highest BCUT2D eigenvalue weighted by Gasteiger charge is 1.99. The number of hydrogen-bond donors (Lipinski definition) is 2. The lowest BCUT2D eigenvalue weighted by atomic mass is 10.1. The Kier molecular flexibility index (Phi) is 6.67. The molecule has 0 unspecified atom stereocenters. The van der Waals surface area contributed by atoms with Gasteiger partial charge in [-0.3, -0.25) is 4.79 Å². The van der Waals surface area contributed by atoms with Crippen molar-refractivity contribution < 1.29 is 10.0 Å². The van der Waals surface area contributed by atoms with Crippen LogP contribution in [0.25, 0.3) is 0 Å². The fraction of sp³-hybridized carbons (Fsp3) is 0.385. The van der Waals surface area contributed by atoms with E-state index in [0.29, 0.717) is 5.56 Å². The van der Waals surface area contributed by atoms with Crippen molar-refractivity contribution in [2.45, 2.75) is 19.3 Å². The number of carbonyl (C=O) groups excluding carboxylic acids is 1. The van der Waals surface area contributed by atoms with Gasteiger partial charge in [-0.15, -0.1) is 0 Å². The maximum absolute atomic E-state index is 10.9. The van der Waals surface area contributed by atoms with Crippen molar-refractivity contribution in [1.29, 1.82) is 0 Å². The maximum Gasteiger partial charge on any atom is 0.207 e. The van der Waals surface area contributed by atoms with Crippen molar-refractivity contribution in [1.82, 2.24) is 5.32 Å². The molecular weight excluding hydrogens is 216 g/mol. The average Bonchev–Trinajstić information content (AvgIpc) is 2.43. The first kappa shape index (κ1) is 13.4. The van der Waals surface area contributed by atoms with E-state index in [1.807, 2.05) is 6.07 Å². The molecule has 17 heavy (non-hydrogen) atoms. The van der Waals surface area contributed by atoms with Crippen molar-refractivity contribution >= 4 is 12.0 Å². The SMILES string of the molecule is C1CCNCC1.O=C(C=NO)c1ccccc1. The molecule has 0 aromatic heterocycles. The minimum Gasteiger partial charge on any atom is -0.411 e. The van der Waals surface area contributed by atoms with E-state index >= 15 is 0 Å². The quantitative estimate of drug-likeness (QED) is 0.356. The minimum absolute atomic E-state index is 0.298. The van der Waals surface area contributed by atoms with Crippen LogP contribution in [0.3, 0.4) is 0 Å². The molecule has 1 aromatic carbocycles. The average molecular weight is 234 g/mol. The molecule has 0 radical (unpaired) electrons. The van der Waals surface area contributed by atoms with Crippen molar-refractivity contribution in [3.05, 3.63) is 35.9 Å². The van der Waals surface area contributed by atoms with Crippen LogP contribution in [0.1, 0.15) is 29.6 Å². The molecule has 4 nitrogen and oxygen atoms in total. The fourth-order valence-electron chi connectivity index (χ4n) is 1.53. The van der Waals surface area contributed by atoms with E-state index in [1.54, 1.807) is 24.3 Å². The van der Waals surface area contributed by atoms with Gasteiger partial charge in [-0.2, -0.15) is 0 Å². The van der Waals surface area contributed by atoms with Gasteiger partial charge in [-0.1, -0.05) is 41.9 Å². The first-order chi connectivity index (χ1) is 8.34. The van der Waals surface area contributed by atoms with Gasteiger partial charge >= 0.3 is 0 Å². The van der Waals surface area contributed by atoms with E-state index in [0.717, 1.165) is 6.21 Å². The molecule has 1 heterocycles. The topological polar surface area (TPSA) is 61.7 Å². The molecule has 1 aliphatic rings. The van der Waals surface area contributed by atoms with Gasteiger partial charge in [0.25, 0.3) is 0 Å². The molecule has 0 atom stereocenters. The molecule has 2 N–H and O–H groups in total. The lowest BCUT2D eigenvalue weighted by Gasteiger charge is -2.08. The molecule has 0 saturated carbocycles. The minimum atomic E-state index is -0.298. The van der Waals surface area contributed by atoms with Gasteiger partial charge in [-0.25, -0.2) is 0 Å². The Morgan fingerprint density at radius 1 is 1.18 bits per heavy atom. The number of rotatable bonds is 2. The third kappa shape index (κ3) is 5.82. The number of ketones is 1. The second-order valence-electron chi connectivity index (χ2n) is 3.79. The molecule has 0 aliphatic carbocycles. The van der Waals surface area contributed by atoms with Crippen LogP contribution in [0.2, 0.25) is 0 Å². The Hall–Kier alpha value is -1.68. The van der Waals surface area contributed by atoms with Crippen LogP contribution < -0.4 is 5.32 Å². The predicted molar refractivity (Wildman–Crippen MR) is 67.8 cm³/mol. The standard InChI is InChI=1S/C8H7NO2.C5H11N/c10-8(6-9-11)7-4-2-1-3-5-7;1-2-4-6-5-3-1/h1-6,11H;6H,1-5H2. The van der Waals surface area contributed by atoms with E-state index in [1.165, 1.54) is 32.4 Å². The fourth-order valence-corrected chi connectivity index (χ4v) is 1.53. The summed E-state index contributed by atoms with van der Waals surface area (Å²) in [6.07, 6.45) is 5.09. The Balaban J connectivity index is 0.000000202. The molecule has 0 amide bonds. The van der Waals surface area contributed by atoms with Crippen LogP contribution in [0.5, 0.6) is 0 Å². The summed E-state index contributed by atoms with van der Waals surface area (Å²) in [4.78, 5) is 10.9. The summed E-state index contributed by atoms with van der Waals surface area (Å²) in [6, 6.07) is 8.62. The zero-order valence-corrected chi connectivity index (χ0v) is 9.80. The first-order valence-corrected chi connectivity index (χ1v) is 5.82. The van der Waals surface area contributed by atoms with Gasteiger partial charge in [0, 0.05) is 5.56 Å². The number of oxime groups is 1. The Morgan fingerprint density at radius 2 is 1.82 bits per heavy atom. The number of Topliss-reactive ketones (excluding diaryl/α,β-unsaturated/α-hetero) is 1. The van der Waals surface area contributed by atoms with Crippen molar-refractivity contribution in [2.75, 3.05) is 13.1 Å². The van der Waals surface area contributed by atoms with Crippen LogP contribution >= 0.6 is 0 Å². The molecule has 0 bridgehead atoms. The first-order valence-electron chi connectivity index (χ1n) is 5.82. The summed E-state index contributed by atoms with van der Waals surface area (Å²) in [5, 5.41) is 14.0. The van der Waals surface area contributed by atoms with E-state index in [-0.39, 0.29) is 5.78 Å². The summed E-state index contributed by atoms with van der Waals surface area (Å²) in [6.45, 7) is 2.50. The normalized spacial score (nSPS) is 15.1. The van der Waals surface area contributed by atoms with Gasteiger partial charge in [0.2, 0.25) is 5.78 Å². The molecule has 1 saturated heterocycles. The predicted octanol–water partition coefficient (Wildman–Crippen LogP) is 2.09. The van der Waals surface area contributed by atoms with Crippen LogP contribution in [0, 0.1) is 0 Å². The highest BCUT2D eigenvalue weighted by Crippen LogP contribution is 1.97. The molecular formula is C13H18N2O2. The van der Waals surface area contributed by atoms with Gasteiger partial charge in [-0.05, 0) is 25.9 Å². The van der Waals surface area contributed by atoms with Gasteiger partial charge in [0.15, 0.2) is 0 Å². The summed E-state index contributed by atoms with van der Waals surface area (Å²) in [5.41, 5.74) is 0.519. The lowest BCUT2D eigenvalue weighted by molar-refractivity contribution is 0.106. The summed E-state index contributed by atoms with van der Waals surface area (Å²) >= 11 is 0. The van der Waals surface area contributed by atoms with Crippen molar-refractivity contribution in [2.24, 2.45) is 5.16 Å². The largest absolute Gasteiger partial charge is 0.411 e. The molecule has 4 heteroatoms. The van der Waals surface area contributed by atoms with Crippen LogP contribution in [0.15, 0.2) is 35.5 Å². The molecule has 1 fully saturated rings. The highest BCUT2D eigenvalue weighted by molar-refractivity contribution is 6.35. The van der Waals surface area contributed by atoms with Gasteiger partial charge < -0.3 is 10.5 Å². The van der Waals surface area contributed by atoms with Gasteiger partial charge in [0.05, 0.1) is 0 Å². The molecule has 92 valence electrons. The summed E-state index contributed by atoms with van der Waals surface area (Å²) < 4.78 is 0. The zero-order valence-electron chi connectivity index (χ0n) is 9.80. The lowest BCUT2D eigenvalue weighted by Crippen LogP contribution is -2.21. The van der Waals surface area contributed by atoms with Crippen LogP contribution in [0.4, 0.5) is 0 Å². The Bertz CT molecular complexity index is 334. The third-order valence-electron chi connectivity index (χ3n) is 2.44. The summed E-state index contributed by atoms with van der Waals surface area (Å²) in [5.74, 6) is -0.298. The molecule has 1 aliphatic heterocycles. The number of piperidine rings is 1.